The van der Waals surface area contributed by atoms with Crippen molar-refractivity contribution in [2.45, 2.75) is 38.6 Å². The topological polar surface area (TPSA) is 75.7 Å². The summed E-state index contributed by atoms with van der Waals surface area (Å²) in [6.07, 6.45) is 0. The molecule has 1 amide bonds. The van der Waals surface area contributed by atoms with Crippen molar-refractivity contribution >= 4 is 27.5 Å². The lowest BCUT2D eigenvalue weighted by Crippen LogP contribution is -2.42. The number of benzene rings is 1. The molecule has 130 valence electrons. The number of amides is 1. The third-order valence-electron chi connectivity index (χ3n) is 2.96. The lowest BCUT2D eigenvalue weighted by Gasteiger charge is -2.21. The molecule has 8 heteroatoms. The zero-order valence-electron chi connectivity index (χ0n) is 13.8. The number of nitrogens with zero attached hydrogens (tertiary/aromatic N) is 1. The Labute approximate surface area is 142 Å². The molecule has 0 saturated heterocycles. The molecule has 0 aliphatic carbocycles. The number of carbonyl (C=O) groups excluding carboxylic acids is 1. The van der Waals surface area contributed by atoms with Gasteiger partial charge in [-0.1, -0.05) is 18.5 Å². The Bertz CT molecular complexity index is 647. The van der Waals surface area contributed by atoms with E-state index in [1.54, 1.807) is 6.92 Å². The molecule has 0 aliphatic heterocycles. The van der Waals surface area contributed by atoms with Crippen molar-refractivity contribution in [3.8, 4) is 5.75 Å². The first kappa shape index (κ1) is 19.7. The molecule has 6 nitrogen and oxygen atoms in total. The number of sulfonamides is 1. The van der Waals surface area contributed by atoms with Crippen LogP contribution in [-0.4, -0.2) is 44.4 Å². The van der Waals surface area contributed by atoms with Gasteiger partial charge in [0.25, 0.3) is 0 Å². The van der Waals surface area contributed by atoms with Crippen LogP contribution in [-0.2, 0) is 14.8 Å². The van der Waals surface area contributed by atoms with E-state index in [2.05, 4.69) is 5.32 Å². The molecule has 1 aromatic rings. The Morgan fingerprint density at radius 3 is 2.48 bits per heavy atom. The molecular weight excluding hydrogens is 340 g/mol. The van der Waals surface area contributed by atoms with Crippen LogP contribution in [0.5, 0.6) is 5.75 Å². The van der Waals surface area contributed by atoms with Gasteiger partial charge in [0.1, 0.15) is 5.75 Å². The van der Waals surface area contributed by atoms with Gasteiger partial charge < -0.3 is 10.1 Å². The second-order valence-electron chi connectivity index (χ2n) is 5.18. The van der Waals surface area contributed by atoms with E-state index in [1.807, 2.05) is 20.8 Å². The van der Waals surface area contributed by atoms with Crippen LogP contribution in [0.3, 0.4) is 0 Å². The molecule has 0 aromatic heterocycles. The number of likely N-dealkylation sites (N-methyl/N-ethyl adjacent to an activating group) is 1. The minimum Gasteiger partial charge on any atom is -0.492 e. The van der Waals surface area contributed by atoms with Crippen LogP contribution in [0, 0.1) is 0 Å². The average Bonchev–Trinajstić information content (AvgIpc) is 2.46. The van der Waals surface area contributed by atoms with Crippen molar-refractivity contribution in [1.29, 1.82) is 0 Å². The van der Waals surface area contributed by atoms with Gasteiger partial charge in [0.15, 0.2) is 0 Å². The first-order valence-corrected chi connectivity index (χ1v) is 9.26. The summed E-state index contributed by atoms with van der Waals surface area (Å²) in [4.78, 5) is 11.9. The molecule has 1 N–H and O–H groups in total. The van der Waals surface area contributed by atoms with Gasteiger partial charge in [-0.05, 0) is 39.0 Å². The standard InChI is InChI=1S/C15H23ClN2O4S/c1-5-18(10-15(19)17-11(3)4)23(20,21)12-7-8-14(22-6-2)13(16)9-12/h7-9,11H,5-6,10H2,1-4H3,(H,17,19). The second kappa shape index (κ2) is 8.52. The Kier molecular flexibility index (Phi) is 7.31. The Morgan fingerprint density at radius 2 is 2.00 bits per heavy atom. The average molecular weight is 363 g/mol. The number of nitrogens with one attached hydrogen (secondary N) is 1. The van der Waals surface area contributed by atoms with E-state index in [0.29, 0.717) is 12.4 Å². The summed E-state index contributed by atoms with van der Waals surface area (Å²) in [6.45, 7) is 7.50. The zero-order chi connectivity index (χ0) is 17.6. The lowest BCUT2D eigenvalue weighted by molar-refractivity contribution is -0.121. The lowest BCUT2D eigenvalue weighted by atomic mass is 10.3. The van der Waals surface area contributed by atoms with E-state index in [1.165, 1.54) is 18.2 Å². The highest BCUT2D eigenvalue weighted by atomic mass is 35.5. The van der Waals surface area contributed by atoms with Crippen LogP contribution in [0.15, 0.2) is 23.1 Å². The van der Waals surface area contributed by atoms with Gasteiger partial charge in [0, 0.05) is 12.6 Å². The number of carbonyl (C=O) groups is 1. The maximum absolute atomic E-state index is 12.7. The first-order chi connectivity index (χ1) is 10.7. The smallest absolute Gasteiger partial charge is 0.243 e. The molecule has 0 bridgehead atoms. The fourth-order valence-electron chi connectivity index (χ4n) is 1.96. The van der Waals surface area contributed by atoms with Crippen LogP contribution in [0.2, 0.25) is 5.02 Å². The number of rotatable bonds is 8. The van der Waals surface area contributed by atoms with Crippen LogP contribution < -0.4 is 10.1 Å². The largest absolute Gasteiger partial charge is 0.492 e. The minimum atomic E-state index is -3.80. The summed E-state index contributed by atoms with van der Waals surface area (Å²) in [5.74, 6) is 0.0798. The molecule has 23 heavy (non-hydrogen) atoms. The molecule has 0 spiro atoms. The van der Waals surface area contributed by atoms with E-state index in [0.717, 1.165) is 4.31 Å². The van der Waals surface area contributed by atoms with E-state index >= 15 is 0 Å². The molecule has 0 radical (unpaired) electrons. The molecule has 0 fully saturated rings. The van der Waals surface area contributed by atoms with Gasteiger partial charge in [-0.3, -0.25) is 4.79 Å². The zero-order valence-corrected chi connectivity index (χ0v) is 15.4. The summed E-state index contributed by atoms with van der Waals surface area (Å²) < 4.78 is 31.7. The van der Waals surface area contributed by atoms with E-state index in [-0.39, 0.29) is 35.0 Å². The fraction of sp³-hybridized carbons (Fsp3) is 0.533. The van der Waals surface area contributed by atoms with Crippen molar-refractivity contribution in [3.05, 3.63) is 23.2 Å². The fourth-order valence-corrected chi connectivity index (χ4v) is 3.69. The molecule has 1 aromatic carbocycles. The van der Waals surface area contributed by atoms with Crippen molar-refractivity contribution < 1.29 is 17.9 Å². The SMILES string of the molecule is CCOc1ccc(S(=O)(=O)N(CC)CC(=O)NC(C)C)cc1Cl. The predicted octanol–water partition coefficient (Wildman–Crippen LogP) is 2.27. The summed E-state index contributed by atoms with van der Waals surface area (Å²) in [6, 6.07) is 4.23. The van der Waals surface area contributed by atoms with E-state index in [9.17, 15) is 13.2 Å². The summed E-state index contributed by atoms with van der Waals surface area (Å²) in [5, 5.41) is 2.90. The van der Waals surface area contributed by atoms with Gasteiger partial charge in [-0.2, -0.15) is 4.31 Å². The number of hydrogen-bond donors (Lipinski definition) is 1. The van der Waals surface area contributed by atoms with Gasteiger partial charge in [-0.15, -0.1) is 0 Å². The highest BCUT2D eigenvalue weighted by Gasteiger charge is 2.26. The van der Waals surface area contributed by atoms with Crippen molar-refractivity contribution in [1.82, 2.24) is 9.62 Å². The molecule has 1 rings (SSSR count). The normalized spacial score (nSPS) is 11.8. The molecule has 0 atom stereocenters. The number of ether oxygens (including phenoxy) is 1. The van der Waals surface area contributed by atoms with Gasteiger partial charge in [0.2, 0.25) is 15.9 Å². The third kappa shape index (κ3) is 5.37. The third-order valence-corrected chi connectivity index (χ3v) is 5.18. The van der Waals surface area contributed by atoms with Crippen LogP contribution in [0.25, 0.3) is 0 Å². The van der Waals surface area contributed by atoms with Gasteiger partial charge in [0.05, 0.1) is 23.1 Å². The molecule has 0 saturated carbocycles. The quantitative estimate of drug-likeness (QED) is 0.769. The summed E-state index contributed by atoms with van der Waals surface area (Å²) in [7, 11) is -3.80. The van der Waals surface area contributed by atoms with Crippen molar-refractivity contribution in [2.24, 2.45) is 0 Å². The summed E-state index contributed by atoms with van der Waals surface area (Å²) in [5.41, 5.74) is 0. The predicted molar refractivity (Wildman–Crippen MR) is 90.3 cm³/mol. The number of hydrogen-bond acceptors (Lipinski definition) is 4. The van der Waals surface area contributed by atoms with Gasteiger partial charge >= 0.3 is 0 Å². The highest BCUT2D eigenvalue weighted by Crippen LogP contribution is 2.28. The van der Waals surface area contributed by atoms with Crippen molar-refractivity contribution in [3.63, 3.8) is 0 Å². The maximum Gasteiger partial charge on any atom is 0.243 e. The van der Waals surface area contributed by atoms with E-state index < -0.39 is 10.0 Å². The first-order valence-electron chi connectivity index (χ1n) is 7.44. The van der Waals surface area contributed by atoms with Crippen LogP contribution in [0.1, 0.15) is 27.7 Å². The molecule has 0 unspecified atom stereocenters. The molecule has 0 aliphatic rings. The monoisotopic (exact) mass is 362 g/mol. The molecule has 0 heterocycles. The van der Waals surface area contributed by atoms with Crippen molar-refractivity contribution in [2.75, 3.05) is 19.7 Å². The highest BCUT2D eigenvalue weighted by molar-refractivity contribution is 7.89. The van der Waals surface area contributed by atoms with Crippen LogP contribution in [0.4, 0.5) is 0 Å². The Balaban J connectivity index is 3.03. The number of halogens is 1. The summed E-state index contributed by atoms with van der Waals surface area (Å²) >= 11 is 6.05. The van der Waals surface area contributed by atoms with E-state index in [4.69, 9.17) is 16.3 Å². The Hall–Kier alpha value is -1.31. The second-order valence-corrected chi connectivity index (χ2v) is 7.52. The van der Waals surface area contributed by atoms with Crippen LogP contribution >= 0.6 is 11.6 Å². The Morgan fingerprint density at radius 1 is 1.35 bits per heavy atom. The molecular formula is C15H23ClN2O4S. The minimum absolute atomic E-state index is 0.0325. The van der Waals surface area contributed by atoms with Gasteiger partial charge in [-0.25, -0.2) is 8.42 Å². The maximum atomic E-state index is 12.7.